The number of hydrogen-bond donors (Lipinski definition) is 1. The first-order valence-corrected chi connectivity index (χ1v) is 8.79. The van der Waals surface area contributed by atoms with Crippen LogP contribution in [0.1, 0.15) is 18.5 Å². The second kappa shape index (κ2) is 7.35. The predicted octanol–water partition coefficient (Wildman–Crippen LogP) is 4.34. The van der Waals surface area contributed by atoms with Crippen molar-refractivity contribution >= 4 is 28.7 Å². The van der Waals surface area contributed by atoms with Gasteiger partial charge in [0.2, 0.25) is 0 Å². The lowest BCUT2D eigenvalue weighted by atomic mass is 10.0. The van der Waals surface area contributed by atoms with Gasteiger partial charge in [-0.3, -0.25) is 9.97 Å². The van der Waals surface area contributed by atoms with Crippen LogP contribution in [0.2, 0.25) is 0 Å². The van der Waals surface area contributed by atoms with Crippen molar-refractivity contribution in [2.75, 3.05) is 18.4 Å². The van der Waals surface area contributed by atoms with E-state index in [1.165, 1.54) is 5.57 Å². The van der Waals surface area contributed by atoms with E-state index in [1.54, 1.807) is 12.4 Å². The maximum absolute atomic E-state index is 12.5. The number of rotatable bonds is 2. The van der Waals surface area contributed by atoms with Crippen LogP contribution in [0.15, 0.2) is 66.5 Å². The van der Waals surface area contributed by atoms with Crippen LogP contribution in [-0.2, 0) is 0 Å². The minimum absolute atomic E-state index is 0.0704. The standard InChI is InChI=1S/C21H20N4O/c26-21(24-19-14-17-5-1-2-7-20(17)23-15-19)25-11-8-16(9-12-25)13-18-6-3-4-10-22-18/h1-7,10,13-15H,8-9,11-12H2,(H,24,26). The van der Waals surface area contributed by atoms with Crippen LogP contribution in [0.4, 0.5) is 10.5 Å². The molecular weight excluding hydrogens is 324 g/mol. The van der Waals surface area contributed by atoms with Crippen molar-refractivity contribution in [2.45, 2.75) is 12.8 Å². The first-order chi connectivity index (χ1) is 12.8. The first-order valence-electron chi connectivity index (χ1n) is 8.79. The van der Waals surface area contributed by atoms with Crippen LogP contribution in [-0.4, -0.2) is 34.0 Å². The molecule has 0 aliphatic carbocycles. The number of nitrogens with one attached hydrogen (secondary N) is 1. The Morgan fingerprint density at radius 3 is 2.65 bits per heavy atom. The zero-order valence-corrected chi connectivity index (χ0v) is 14.4. The molecule has 2 aromatic heterocycles. The number of piperidine rings is 1. The highest BCUT2D eigenvalue weighted by Gasteiger charge is 2.19. The van der Waals surface area contributed by atoms with Gasteiger partial charge in [-0.1, -0.05) is 29.8 Å². The number of carbonyl (C=O) groups excluding carboxylic acids is 1. The molecule has 3 aromatic rings. The van der Waals surface area contributed by atoms with E-state index in [-0.39, 0.29) is 6.03 Å². The van der Waals surface area contributed by atoms with Gasteiger partial charge in [0.15, 0.2) is 0 Å². The van der Waals surface area contributed by atoms with Crippen molar-refractivity contribution < 1.29 is 4.79 Å². The molecule has 1 aromatic carbocycles. The molecule has 5 nitrogen and oxygen atoms in total. The third kappa shape index (κ3) is 3.72. The van der Waals surface area contributed by atoms with Crippen molar-refractivity contribution in [3.05, 3.63) is 72.2 Å². The quantitative estimate of drug-likeness (QED) is 0.752. The van der Waals surface area contributed by atoms with E-state index in [1.807, 2.05) is 53.4 Å². The van der Waals surface area contributed by atoms with Crippen LogP contribution in [0.25, 0.3) is 17.0 Å². The molecule has 5 heteroatoms. The number of hydrogen-bond acceptors (Lipinski definition) is 3. The molecule has 1 aliphatic rings. The third-order valence-corrected chi connectivity index (χ3v) is 4.57. The van der Waals surface area contributed by atoms with E-state index in [2.05, 4.69) is 21.4 Å². The van der Waals surface area contributed by atoms with Crippen LogP contribution < -0.4 is 5.32 Å². The van der Waals surface area contributed by atoms with Gasteiger partial charge in [-0.05, 0) is 43.2 Å². The number of nitrogens with zero attached hydrogens (tertiary/aromatic N) is 3. The predicted molar refractivity (Wildman–Crippen MR) is 104 cm³/mol. The molecule has 0 saturated carbocycles. The Morgan fingerprint density at radius 2 is 1.85 bits per heavy atom. The summed E-state index contributed by atoms with van der Waals surface area (Å²) in [6, 6.07) is 15.7. The fraction of sp³-hybridized carbons (Fsp3) is 0.190. The summed E-state index contributed by atoms with van der Waals surface area (Å²) in [5.74, 6) is 0. The highest BCUT2D eigenvalue weighted by atomic mass is 16.2. The van der Waals surface area contributed by atoms with Gasteiger partial charge in [0.05, 0.1) is 23.1 Å². The number of carbonyl (C=O) groups is 1. The van der Waals surface area contributed by atoms with Crippen LogP contribution in [0.5, 0.6) is 0 Å². The summed E-state index contributed by atoms with van der Waals surface area (Å²) in [5.41, 5.74) is 3.96. The van der Waals surface area contributed by atoms with E-state index < -0.39 is 0 Å². The molecule has 2 amide bonds. The fourth-order valence-electron chi connectivity index (χ4n) is 3.15. The molecule has 26 heavy (non-hydrogen) atoms. The Balaban J connectivity index is 1.38. The Labute approximate surface area is 152 Å². The van der Waals surface area contributed by atoms with E-state index in [0.717, 1.165) is 35.1 Å². The summed E-state index contributed by atoms with van der Waals surface area (Å²) in [5, 5.41) is 3.98. The monoisotopic (exact) mass is 344 g/mol. The molecule has 3 heterocycles. The number of pyridine rings is 2. The summed E-state index contributed by atoms with van der Waals surface area (Å²) in [6.07, 6.45) is 7.38. The highest BCUT2D eigenvalue weighted by Crippen LogP contribution is 2.20. The third-order valence-electron chi connectivity index (χ3n) is 4.57. The van der Waals surface area contributed by atoms with Crippen molar-refractivity contribution in [1.29, 1.82) is 0 Å². The SMILES string of the molecule is O=C(Nc1cnc2ccccc2c1)N1CCC(=Cc2ccccn2)CC1. The zero-order chi connectivity index (χ0) is 17.8. The fourth-order valence-corrected chi connectivity index (χ4v) is 3.15. The summed E-state index contributed by atoms with van der Waals surface area (Å²) in [4.78, 5) is 23.1. The molecule has 0 radical (unpaired) electrons. The molecule has 1 aliphatic heterocycles. The van der Waals surface area contributed by atoms with Gasteiger partial charge in [-0.15, -0.1) is 0 Å². The van der Waals surface area contributed by atoms with Gasteiger partial charge in [0.25, 0.3) is 0 Å². The molecule has 0 spiro atoms. The minimum Gasteiger partial charge on any atom is -0.324 e. The van der Waals surface area contributed by atoms with E-state index in [0.29, 0.717) is 13.1 Å². The molecule has 1 saturated heterocycles. The van der Waals surface area contributed by atoms with E-state index in [9.17, 15) is 4.79 Å². The maximum atomic E-state index is 12.5. The van der Waals surface area contributed by atoms with E-state index >= 15 is 0 Å². The minimum atomic E-state index is -0.0704. The van der Waals surface area contributed by atoms with Gasteiger partial charge in [-0.2, -0.15) is 0 Å². The molecule has 0 bridgehead atoms. The van der Waals surface area contributed by atoms with Gasteiger partial charge in [0, 0.05) is 24.7 Å². The molecule has 0 atom stereocenters. The lowest BCUT2D eigenvalue weighted by Gasteiger charge is -2.28. The smallest absolute Gasteiger partial charge is 0.321 e. The average molecular weight is 344 g/mol. The number of para-hydroxylation sites is 1. The molecule has 1 N–H and O–H groups in total. The number of amides is 2. The average Bonchev–Trinajstić information content (AvgIpc) is 2.69. The number of aromatic nitrogens is 2. The van der Waals surface area contributed by atoms with Crippen molar-refractivity contribution in [3.63, 3.8) is 0 Å². The first kappa shape index (κ1) is 16.3. The van der Waals surface area contributed by atoms with Gasteiger partial charge >= 0.3 is 6.03 Å². The van der Waals surface area contributed by atoms with E-state index in [4.69, 9.17) is 0 Å². The normalized spacial score (nSPS) is 14.3. The summed E-state index contributed by atoms with van der Waals surface area (Å²) in [6.45, 7) is 1.43. The van der Waals surface area contributed by atoms with Gasteiger partial charge in [0.1, 0.15) is 0 Å². The number of urea groups is 1. The van der Waals surface area contributed by atoms with Crippen molar-refractivity contribution in [3.8, 4) is 0 Å². The summed E-state index contributed by atoms with van der Waals surface area (Å²) < 4.78 is 0. The maximum Gasteiger partial charge on any atom is 0.321 e. The Bertz CT molecular complexity index is 942. The number of fused-ring (bicyclic) bond motifs is 1. The molecule has 0 unspecified atom stereocenters. The second-order valence-corrected chi connectivity index (χ2v) is 6.39. The van der Waals surface area contributed by atoms with Crippen LogP contribution in [0.3, 0.4) is 0 Å². The highest BCUT2D eigenvalue weighted by molar-refractivity contribution is 5.92. The Hall–Kier alpha value is -3.21. The summed E-state index contributed by atoms with van der Waals surface area (Å²) in [7, 11) is 0. The molecule has 1 fully saturated rings. The van der Waals surface area contributed by atoms with Crippen molar-refractivity contribution in [2.24, 2.45) is 0 Å². The molecule has 130 valence electrons. The lowest BCUT2D eigenvalue weighted by Crippen LogP contribution is -2.39. The topological polar surface area (TPSA) is 58.1 Å². The molecular formula is C21H20N4O. The second-order valence-electron chi connectivity index (χ2n) is 6.39. The summed E-state index contributed by atoms with van der Waals surface area (Å²) >= 11 is 0. The number of benzene rings is 1. The zero-order valence-electron chi connectivity index (χ0n) is 14.4. The lowest BCUT2D eigenvalue weighted by molar-refractivity contribution is 0.208. The number of likely N-dealkylation sites (tertiary alicyclic amines) is 1. The van der Waals surface area contributed by atoms with Crippen LogP contribution >= 0.6 is 0 Å². The molecule has 4 rings (SSSR count). The van der Waals surface area contributed by atoms with Crippen LogP contribution in [0, 0.1) is 0 Å². The largest absolute Gasteiger partial charge is 0.324 e. The van der Waals surface area contributed by atoms with Gasteiger partial charge in [-0.25, -0.2) is 4.79 Å². The van der Waals surface area contributed by atoms with Gasteiger partial charge < -0.3 is 10.2 Å². The Morgan fingerprint density at radius 1 is 1.04 bits per heavy atom. The number of anilines is 1. The van der Waals surface area contributed by atoms with Crippen molar-refractivity contribution in [1.82, 2.24) is 14.9 Å². The Kier molecular flexibility index (Phi) is 4.60.